The average Bonchev–Trinajstić information content (AvgIpc) is 3.51. The van der Waals surface area contributed by atoms with Crippen LogP contribution in [0.15, 0.2) is 46.6 Å². The molecule has 0 spiro atoms. The maximum absolute atomic E-state index is 4.46. The molecule has 1 aromatic carbocycles. The summed E-state index contributed by atoms with van der Waals surface area (Å²) in [6.45, 7) is 0. The van der Waals surface area contributed by atoms with Gasteiger partial charge in [0.2, 0.25) is 5.95 Å². The van der Waals surface area contributed by atoms with E-state index in [0.717, 1.165) is 5.69 Å². The first kappa shape index (κ1) is 15.6. The predicted molar refractivity (Wildman–Crippen MR) is 101 cm³/mol. The Bertz CT molecular complexity index is 722. The summed E-state index contributed by atoms with van der Waals surface area (Å²) in [5.41, 5.74) is 6.85. The number of hydrogen-bond donors (Lipinski definition) is 3. The fourth-order valence-electron chi connectivity index (χ4n) is 2.19. The lowest BCUT2D eigenvalue weighted by atomic mass is 10.3. The number of hydrogen-bond acceptors (Lipinski definition) is 7. The van der Waals surface area contributed by atoms with Gasteiger partial charge in [0.1, 0.15) is 5.82 Å². The van der Waals surface area contributed by atoms with Crippen LogP contribution in [0.25, 0.3) is 0 Å². The number of aromatic nitrogens is 2. The highest BCUT2D eigenvalue weighted by Gasteiger charge is 2.19. The van der Waals surface area contributed by atoms with Gasteiger partial charge in [-0.2, -0.15) is 20.2 Å². The van der Waals surface area contributed by atoms with Crippen LogP contribution in [0.2, 0.25) is 0 Å². The number of nitrogens with zero attached hydrogens (tertiary/aromatic N) is 4. The fraction of sp³-hybridized carbons (Fsp3) is 0.333. The molecule has 0 radical (unpaired) electrons. The Labute approximate surface area is 146 Å². The number of para-hydroxylation sites is 1. The number of benzene rings is 1. The first-order valence-electron chi connectivity index (χ1n) is 8.65. The van der Waals surface area contributed by atoms with Crippen LogP contribution in [0.3, 0.4) is 0 Å². The number of hydrazone groups is 2. The van der Waals surface area contributed by atoms with E-state index in [4.69, 9.17) is 0 Å². The molecule has 1 heterocycles. The molecule has 3 N–H and O–H groups in total. The van der Waals surface area contributed by atoms with Gasteiger partial charge in [-0.15, -0.1) is 0 Å². The summed E-state index contributed by atoms with van der Waals surface area (Å²) in [7, 11) is 0. The van der Waals surface area contributed by atoms with Crippen molar-refractivity contribution in [2.45, 2.75) is 25.7 Å². The normalized spacial score (nSPS) is 17.1. The molecule has 7 nitrogen and oxygen atoms in total. The van der Waals surface area contributed by atoms with E-state index in [1.807, 2.05) is 48.8 Å². The maximum Gasteiger partial charge on any atom is 0.247 e. The summed E-state index contributed by atoms with van der Waals surface area (Å²) in [4.78, 5) is 8.87. The molecule has 0 aliphatic heterocycles. The van der Waals surface area contributed by atoms with Crippen molar-refractivity contribution in [3.63, 3.8) is 0 Å². The lowest BCUT2D eigenvalue weighted by Crippen LogP contribution is -2.04. The van der Waals surface area contributed by atoms with Gasteiger partial charge in [0.25, 0.3) is 0 Å². The third-order valence-electron chi connectivity index (χ3n) is 3.93. The van der Waals surface area contributed by atoms with Crippen molar-refractivity contribution < 1.29 is 0 Å². The van der Waals surface area contributed by atoms with Crippen molar-refractivity contribution in [1.29, 1.82) is 0 Å². The van der Waals surface area contributed by atoms with Gasteiger partial charge in [-0.3, -0.25) is 5.43 Å². The Morgan fingerprint density at radius 2 is 1.48 bits per heavy atom. The monoisotopic (exact) mass is 335 g/mol. The van der Waals surface area contributed by atoms with Gasteiger partial charge in [-0.05, 0) is 49.7 Å². The highest BCUT2D eigenvalue weighted by atomic mass is 15.4. The van der Waals surface area contributed by atoms with E-state index < -0.39 is 0 Å². The van der Waals surface area contributed by atoms with E-state index in [0.29, 0.717) is 29.4 Å². The molecular weight excluding hydrogens is 314 g/mol. The van der Waals surface area contributed by atoms with E-state index in [1.54, 1.807) is 0 Å². The zero-order valence-corrected chi connectivity index (χ0v) is 13.9. The van der Waals surface area contributed by atoms with Gasteiger partial charge in [0, 0.05) is 24.2 Å². The van der Waals surface area contributed by atoms with Crippen LogP contribution >= 0.6 is 0 Å². The number of nitrogens with one attached hydrogen (secondary N) is 3. The minimum absolute atomic E-state index is 0.432. The first-order valence-corrected chi connectivity index (χ1v) is 8.65. The molecule has 2 aromatic rings. The van der Waals surface area contributed by atoms with E-state index in [2.05, 4.69) is 36.3 Å². The summed E-state index contributed by atoms with van der Waals surface area (Å²) in [6.07, 6.45) is 8.72. The van der Waals surface area contributed by atoms with Crippen LogP contribution in [0.5, 0.6) is 0 Å². The van der Waals surface area contributed by atoms with Gasteiger partial charge in [-0.1, -0.05) is 18.2 Å². The fourth-order valence-corrected chi connectivity index (χ4v) is 2.19. The van der Waals surface area contributed by atoms with Gasteiger partial charge < -0.3 is 5.32 Å². The Kier molecular flexibility index (Phi) is 4.54. The Morgan fingerprint density at radius 1 is 0.840 bits per heavy atom. The molecule has 1 aromatic heterocycles. The van der Waals surface area contributed by atoms with Crippen LogP contribution in [-0.2, 0) is 0 Å². The molecule has 2 fully saturated rings. The maximum atomic E-state index is 4.46. The second kappa shape index (κ2) is 7.29. The topological polar surface area (TPSA) is 86.6 Å². The van der Waals surface area contributed by atoms with Crippen molar-refractivity contribution in [2.24, 2.45) is 22.0 Å². The molecule has 128 valence electrons. The third-order valence-corrected chi connectivity index (χ3v) is 3.93. The molecule has 2 saturated carbocycles. The zero-order chi connectivity index (χ0) is 16.9. The van der Waals surface area contributed by atoms with Crippen LogP contribution in [0.1, 0.15) is 25.7 Å². The highest BCUT2D eigenvalue weighted by Crippen LogP contribution is 2.27. The Hall–Kier alpha value is -2.96. The summed E-state index contributed by atoms with van der Waals surface area (Å²) < 4.78 is 0. The molecule has 0 bridgehead atoms. The summed E-state index contributed by atoms with van der Waals surface area (Å²) in [6, 6.07) is 11.7. The van der Waals surface area contributed by atoms with Gasteiger partial charge >= 0.3 is 0 Å². The first-order chi connectivity index (χ1) is 12.3. The molecule has 0 atom stereocenters. The van der Waals surface area contributed by atoms with E-state index in [1.165, 1.54) is 25.7 Å². The number of anilines is 4. The lowest BCUT2D eigenvalue weighted by Gasteiger charge is -2.09. The molecule has 25 heavy (non-hydrogen) atoms. The third kappa shape index (κ3) is 5.00. The minimum atomic E-state index is 0.432. The minimum Gasteiger partial charge on any atom is -0.340 e. The standard InChI is InChI=1S/C18H21N7/c1-2-4-15(5-3-1)21-16-10-17(24-19-11-13-6-7-13)23-18(22-16)25-20-12-14-8-9-14/h1-5,10-14H,6-9H2,(H3,21,22,23,24,25). The van der Waals surface area contributed by atoms with Gasteiger partial charge in [0.05, 0.1) is 0 Å². The average molecular weight is 335 g/mol. The van der Waals surface area contributed by atoms with E-state index >= 15 is 0 Å². The van der Waals surface area contributed by atoms with Crippen LogP contribution in [-0.4, -0.2) is 22.4 Å². The summed E-state index contributed by atoms with van der Waals surface area (Å²) in [5.74, 6) is 2.93. The Morgan fingerprint density at radius 3 is 2.16 bits per heavy atom. The van der Waals surface area contributed by atoms with Crippen molar-refractivity contribution in [2.75, 3.05) is 16.2 Å². The molecule has 4 rings (SSSR count). The van der Waals surface area contributed by atoms with Crippen molar-refractivity contribution >= 4 is 35.7 Å². The van der Waals surface area contributed by atoms with E-state index in [-0.39, 0.29) is 0 Å². The van der Waals surface area contributed by atoms with Gasteiger partial charge in [0.15, 0.2) is 5.82 Å². The van der Waals surface area contributed by atoms with Crippen molar-refractivity contribution in [1.82, 2.24) is 9.97 Å². The second-order valence-corrected chi connectivity index (χ2v) is 6.41. The second-order valence-electron chi connectivity index (χ2n) is 6.41. The largest absolute Gasteiger partial charge is 0.340 e. The van der Waals surface area contributed by atoms with E-state index in [9.17, 15) is 0 Å². The molecule has 7 heteroatoms. The molecule has 2 aliphatic carbocycles. The van der Waals surface area contributed by atoms with Crippen molar-refractivity contribution in [3.8, 4) is 0 Å². The molecule has 0 amide bonds. The predicted octanol–water partition coefficient (Wildman–Crippen LogP) is 3.84. The van der Waals surface area contributed by atoms with Crippen LogP contribution < -0.4 is 16.2 Å². The Balaban J connectivity index is 1.49. The van der Waals surface area contributed by atoms with Crippen molar-refractivity contribution in [3.05, 3.63) is 36.4 Å². The summed E-state index contributed by atoms with van der Waals surface area (Å²) >= 11 is 0. The lowest BCUT2D eigenvalue weighted by molar-refractivity contribution is 1.09. The number of rotatable bonds is 8. The quantitative estimate of drug-likeness (QED) is 0.504. The summed E-state index contributed by atoms with van der Waals surface area (Å²) in [5, 5.41) is 11.7. The molecule has 2 aliphatic rings. The zero-order valence-electron chi connectivity index (χ0n) is 13.9. The van der Waals surface area contributed by atoms with Crippen LogP contribution in [0.4, 0.5) is 23.3 Å². The van der Waals surface area contributed by atoms with Gasteiger partial charge in [-0.25, -0.2) is 5.43 Å². The smallest absolute Gasteiger partial charge is 0.247 e. The van der Waals surface area contributed by atoms with Crippen LogP contribution in [0, 0.1) is 11.8 Å². The molecule has 0 saturated heterocycles. The molecule has 0 unspecified atom stereocenters. The SMILES string of the molecule is C(=NNc1cc(Nc2ccccc2)nc(NN=CC2CC2)n1)C1CC1. The molecular formula is C18H21N7. The highest BCUT2D eigenvalue weighted by molar-refractivity contribution is 5.67.